The molecule has 0 spiro atoms. The Kier molecular flexibility index (Phi) is 5.92. The average Bonchev–Trinajstić information content (AvgIpc) is 2.46. The van der Waals surface area contributed by atoms with Crippen molar-refractivity contribution in [1.82, 2.24) is 5.32 Å². The number of hydrogen-bond donors (Lipinski definition) is 1. The molecule has 2 rings (SSSR count). The van der Waals surface area contributed by atoms with Crippen LogP contribution in [-0.4, -0.2) is 13.2 Å². The lowest BCUT2D eigenvalue weighted by molar-refractivity contribution is 0.307. The van der Waals surface area contributed by atoms with Gasteiger partial charge in [-0.05, 0) is 43.2 Å². The van der Waals surface area contributed by atoms with Crippen molar-refractivity contribution in [3.63, 3.8) is 0 Å². The average molecular weight is 324 g/mol. The number of hydrogen-bond acceptors (Lipinski definition) is 2. The van der Waals surface area contributed by atoms with Crippen LogP contribution in [0.3, 0.4) is 0 Å². The molecule has 0 saturated heterocycles. The summed E-state index contributed by atoms with van der Waals surface area (Å²) >= 11 is 12.2. The Morgan fingerprint density at radius 1 is 1.14 bits per heavy atom. The van der Waals surface area contributed by atoms with Crippen molar-refractivity contribution >= 4 is 23.2 Å². The maximum atomic E-state index is 6.21. The van der Waals surface area contributed by atoms with E-state index in [2.05, 4.69) is 12.2 Å². The highest BCUT2D eigenvalue weighted by Gasteiger charge is 2.11. The summed E-state index contributed by atoms with van der Waals surface area (Å²) in [5.41, 5.74) is 2.19. The Bertz CT molecular complexity index is 601. The van der Waals surface area contributed by atoms with Crippen molar-refractivity contribution in [2.45, 2.75) is 19.9 Å². The topological polar surface area (TPSA) is 21.3 Å². The smallest absolute Gasteiger partial charge is 0.119 e. The molecule has 0 heterocycles. The van der Waals surface area contributed by atoms with Crippen molar-refractivity contribution in [3.05, 3.63) is 63.6 Å². The molecule has 4 heteroatoms. The van der Waals surface area contributed by atoms with Crippen molar-refractivity contribution < 1.29 is 4.74 Å². The van der Waals surface area contributed by atoms with Gasteiger partial charge in [-0.25, -0.2) is 0 Å². The minimum atomic E-state index is 0.123. The molecule has 0 bridgehead atoms. The summed E-state index contributed by atoms with van der Waals surface area (Å²) in [4.78, 5) is 0. The zero-order valence-electron chi connectivity index (χ0n) is 12.2. The normalized spacial score (nSPS) is 12.2. The number of ether oxygens (including phenoxy) is 1. The molecule has 2 aromatic rings. The van der Waals surface area contributed by atoms with Gasteiger partial charge in [0.2, 0.25) is 0 Å². The molecule has 0 aliphatic heterocycles. The first kappa shape index (κ1) is 16.2. The van der Waals surface area contributed by atoms with E-state index >= 15 is 0 Å². The van der Waals surface area contributed by atoms with Crippen LogP contribution in [0.1, 0.15) is 24.1 Å². The van der Waals surface area contributed by atoms with E-state index in [-0.39, 0.29) is 6.04 Å². The first-order chi connectivity index (χ1) is 10.1. The van der Waals surface area contributed by atoms with Gasteiger partial charge in [-0.15, -0.1) is 0 Å². The van der Waals surface area contributed by atoms with Crippen molar-refractivity contribution in [2.75, 3.05) is 13.2 Å². The molecule has 0 aliphatic carbocycles. The van der Waals surface area contributed by atoms with E-state index in [1.54, 1.807) is 6.07 Å². The number of aryl methyl sites for hydroxylation is 1. The Hall–Kier alpha value is -1.22. The lowest BCUT2D eigenvalue weighted by Crippen LogP contribution is -2.24. The molecule has 21 heavy (non-hydrogen) atoms. The molecule has 1 unspecified atom stereocenters. The highest BCUT2D eigenvalue weighted by Crippen LogP contribution is 2.29. The van der Waals surface area contributed by atoms with Crippen LogP contribution in [0.2, 0.25) is 10.0 Å². The Balaban J connectivity index is 1.82. The van der Waals surface area contributed by atoms with Crippen LogP contribution < -0.4 is 10.1 Å². The van der Waals surface area contributed by atoms with E-state index in [1.165, 1.54) is 5.56 Å². The lowest BCUT2D eigenvalue weighted by Gasteiger charge is -2.16. The summed E-state index contributed by atoms with van der Waals surface area (Å²) in [5.74, 6) is 0.894. The molecule has 112 valence electrons. The summed E-state index contributed by atoms with van der Waals surface area (Å²) in [5, 5.41) is 4.58. The number of nitrogens with one attached hydrogen (secondary N) is 1. The van der Waals surface area contributed by atoms with Gasteiger partial charge in [0, 0.05) is 12.6 Å². The highest BCUT2D eigenvalue weighted by molar-refractivity contribution is 6.42. The standard InChI is InChI=1S/C17H19Cl2NO/c1-12-5-3-6-14(11-12)21-10-9-20-13(2)15-7-4-8-16(18)17(15)19/h3-8,11,13,20H,9-10H2,1-2H3. The van der Waals surface area contributed by atoms with Crippen LogP contribution in [0, 0.1) is 6.92 Å². The maximum absolute atomic E-state index is 6.21. The molecule has 1 atom stereocenters. The van der Waals surface area contributed by atoms with Crippen LogP contribution in [0.15, 0.2) is 42.5 Å². The molecule has 0 radical (unpaired) electrons. The van der Waals surface area contributed by atoms with Crippen LogP contribution in [0.4, 0.5) is 0 Å². The monoisotopic (exact) mass is 323 g/mol. The second kappa shape index (κ2) is 7.69. The van der Waals surface area contributed by atoms with Gasteiger partial charge in [0.1, 0.15) is 12.4 Å². The van der Waals surface area contributed by atoms with E-state index in [9.17, 15) is 0 Å². The van der Waals surface area contributed by atoms with Gasteiger partial charge in [0.05, 0.1) is 10.0 Å². The van der Waals surface area contributed by atoms with Crippen molar-refractivity contribution in [3.8, 4) is 5.75 Å². The predicted octanol–water partition coefficient (Wildman–Crippen LogP) is 5.03. The van der Waals surface area contributed by atoms with Crippen LogP contribution in [0.5, 0.6) is 5.75 Å². The van der Waals surface area contributed by atoms with E-state index in [1.807, 2.05) is 43.3 Å². The zero-order valence-corrected chi connectivity index (χ0v) is 13.7. The highest BCUT2D eigenvalue weighted by atomic mass is 35.5. The Morgan fingerprint density at radius 2 is 1.90 bits per heavy atom. The van der Waals surface area contributed by atoms with E-state index in [0.717, 1.165) is 17.9 Å². The maximum Gasteiger partial charge on any atom is 0.119 e. The Morgan fingerprint density at radius 3 is 2.67 bits per heavy atom. The van der Waals surface area contributed by atoms with Crippen LogP contribution in [-0.2, 0) is 0 Å². The lowest BCUT2D eigenvalue weighted by atomic mass is 10.1. The van der Waals surface area contributed by atoms with Gasteiger partial charge in [0.15, 0.2) is 0 Å². The third kappa shape index (κ3) is 4.63. The van der Waals surface area contributed by atoms with Crippen molar-refractivity contribution in [2.24, 2.45) is 0 Å². The second-order valence-electron chi connectivity index (χ2n) is 4.98. The van der Waals surface area contributed by atoms with Gasteiger partial charge in [-0.3, -0.25) is 0 Å². The summed E-state index contributed by atoms with van der Waals surface area (Å²) in [6.45, 7) is 5.45. The number of rotatable bonds is 6. The zero-order chi connectivity index (χ0) is 15.2. The van der Waals surface area contributed by atoms with Crippen LogP contribution in [0.25, 0.3) is 0 Å². The fourth-order valence-corrected chi connectivity index (χ4v) is 2.59. The fraction of sp³-hybridized carbons (Fsp3) is 0.294. The minimum Gasteiger partial charge on any atom is -0.492 e. The number of benzene rings is 2. The SMILES string of the molecule is Cc1cccc(OCCNC(C)c2cccc(Cl)c2Cl)c1. The third-order valence-electron chi connectivity index (χ3n) is 3.26. The van der Waals surface area contributed by atoms with Gasteiger partial charge in [-0.1, -0.05) is 47.5 Å². The van der Waals surface area contributed by atoms with Crippen LogP contribution >= 0.6 is 23.2 Å². The van der Waals surface area contributed by atoms with Gasteiger partial charge >= 0.3 is 0 Å². The molecule has 0 aromatic heterocycles. The molecule has 1 N–H and O–H groups in total. The minimum absolute atomic E-state index is 0.123. The van der Waals surface area contributed by atoms with Gasteiger partial charge in [0.25, 0.3) is 0 Å². The molecule has 0 amide bonds. The molecule has 2 aromatic carbocycles. The largest absolute Gasteiger partial charge is 0.492 e. The molecular weight excluding hydrogens is 305 g/mol. The summed E-state index contributed by atoms with van der Waals surface area (Å²) in [6, 6.07) is 13.8. The molecular formula is C17H19Cl2NO. The molecule has 0 fully saturated rings. The Labute approximate surface area is 136 Å². The first-order valence-electron chi connectivity index (χ1n) is 6.94. The summed E-state index contributed by atoms with van der Waals surface area (Å²) in [6.07, 6.45) is 0. The van der Waals surface area contributed by atoms with E-state index in [4.69, 9.17) is 27.9 Å². The van der Waals surface area contributed by atoms with E-state index in [0.29, 0.717) is 16.7 Å². The predicted molar refractivity (Wildman–Crippen MR) is 89.6 cm³/mol. The van der Waals surface area contributed by atoms with Crippen molar-refractivity contribution in [1.29, 1.82) is 0 Å². The quantitative estimate of drug-likeness (QED) is 0.752. The van der Waals surface area contributed by atoms with E-state index < -0.39 is 0 Å². The fourth-order valence-electron chi connectivity index (χ4n) is 2.11. The second-order valence-corrected chi connectivity index (χ2v) is 5.77. The summed E-state index contributed by atoms with van der Waals surface area (Å²) in [7, 11) is 0. The molecule has 2 nitrogen and oxygen atoms in total. The van der Waals surface area contributed by atoms with Gasteiger partial charge in [-0.2, -0.15) is 0 Å². The third-order valence-corrected chi connectivity index (χ3v) is 4.09. The summed E-state index contributed by atoms with van der Waals surface area (Å²) < 4.78 is 5.71. The first-order valence-corrected chi connectivity index (χ1v) is 7.70. The molecule has 0 saturated carbocycles. The number of halogens is 2. The molecule has 0 aliphatic rings. The van der Waals surface area contributed by atoms with Gasteiger partial charge < -0.3 is 10.1 Å².